The minimum absolute atomic E-state index is 0. The third-order valence-electron chi connectivity index (χ3n) is 6.13. The maximum absolute atomic E-state index is 2.73. The number of rotatable bonds is 10. The Kier molecular flexibility index (Phi) is 12.4. The van der Waals surface area contributed by atoms with Crippen LogP contribution in [0.1, 0.15) is 92.9 Å². The molecule has 0 aliphatic heterocycles. The summed E-state index contributed by atoms with van der Waals surface area (Å²) in [4.78, 5) is 0. The Morgan fingerprint density at radius 2 is 1.04 bits per heavy atom. The minimum Gasteiger partial charge on any atom is -1.00 e. The van der Waals surface area contributed by atoms with E-state index in [1.807, 2.05) is 0 Å². The smallest absolute Gasteiger partial charge is 1.00 e. The van der Waals surface area contributed by atoms with Crippen LogP contribution in [0.25, 0.3) is 0 Å². The van der Waals surface area contributed by atoms with Gasteiger partial charge in [-0.25, -0.2) is 0 Å². The zero-order valence-corrected chi connectivity index (χ0v) is 22.2. The maximum Gasteiger partial charge on any atom is -1.00 e. The van der Waals surface area contributed by atoms with E-state index in [1.54, 1.807) is 22.3 Å². The van der Waals surface area contributed by atoms with Crippen LogP contribution in [0.15, 0.2) is 46.6 Å². The summed E-state index contributed by atoms with van der Waals surface area (Å²) in [6, 6.07) is 0. The van der Waals surface area contributed by atoms with E-state index in [0.29, 0.717) is 6.25 Å². The molecule has 2 unspecified atom stereocenters. The molecule has 0 nitrogen and oxygen atoms in total. The molecule has 0 aromatic rings. The van der Waals surface area contributed by atoms with Crippen LogP contribution in [0.3, 0.4) is 0 Å². The van der Waals surface area contributed by atoms with E-state index in [2.05, 4.69) is 65.8 Å². The minimum atomic E-state index is -0.717. The van der Waals surface area contributed by atoms with E-state index in [4.69, 9.17) is 0 Å². The van der Waals surface area contributed by atoms with E-state index < -0.39 is 23.2 Å². The Morgan fingerprint density at radius 1 is 0.667 bits per heavy atom. The van der Waals surface area contributed by atoms with Crippen molar-refractivity contribution in [3.05, 3.63) is 46.6 Å². The number of allylic oxidation sites excluding steroid dienone is 8. The molecule has 0 N–H and O–H groups in total. The van der Waals surface area contributed by atoms with Gasteiger partial charge in [-0.3, -0.25) is 0 Å². The van der Waals surface area contributed by atoms with Crippen molar-refractivity contribution in [1.29, 1.82) is 0 Å². The van der Waals surface area contributed by atoms with Gasteiger partial charge in [-0.05, 0) is 0 Å². The van der Waals surface area contributed by atoms with E-state index in [9.17, 15) is 0 Å². The second-order valence-electron chi connectivity index (χ2n) is 7.76. The summed E-state index contributed by atoms with van der Waals surface area (Å²) in [7, 11) is 0. The summed E-state index contributed by atoms with van der Waals surface area (Å²) < 4.78 is 0.899. The molecule has 0 saturated carbocycles. The molecule has 152 valence electrons. The predicted octanol–water partition coefficient (Wildman–Crippen LogP) is 2.37. The van der Waals surface area contributed by atoms with Crippen LogP contribution in [0.5, 0.6) is 0 Å². The molecule has 0 saturated heterocycles. The van der Waals surface area contributed by atoms with Crippen molar-refractivity contribution in [2.45, 2.75) is 99.2 Å². The molecule has 2 aliphatic carbocycles. The summed E-state index contributed by atoms with van der Waals surface area (Å²) in [6.45, 7) is 14.3. The largest absolute Gasteiger partial charge is 1.00 e. The Hall–Kier alpha value is 0.423. The third kappa shape index (κ3) is 5.74. The molecule has 27 heavy (non-hydrogen) atoms. The van der Waals surface area contributed by atoms with Crippen molar-refractivity contribution in [3.63, 3.8) is 0 Å². The summed E-state index contributed by atoms with van der Waals surface area (Å²) >= 11 is -0.717. The average molecular weight is 489 g/mol. The van der Waals surface area contributed by atoms with Gasteiger partial charge >= 0.3 is 169 Å². The summed E-state index contributed by atoms with van der Waals surface area (Å²) in [5, 5.41) is 0. The van der Waals surface area contributed by atoms with Gasteiger partial charge < -0.3 is 24.8 Å². The molecule has 3 heteroatoms. The zero-order chi connectivity index (χ0) is 18.5. The molecule has 0 spiro atoms. The second kappa shape index (κ2) is 12.2. The van der Waals surface area contributed by atoms with Crippen molar-refractivity contribution in [1.82, 2.24) is 0 Å². The van der Waals surface area contributed by atoms with Crippen LogP contribution in [-0.4, -0.2) is 0 Å². The van der Waals surface area contributed by atoms with Crippen molar-refractivity contribution in [2.24, 2.45) is 0 Å². The predicted molar refractivity (Wildman–Crippen MR) is 109 cm³/mol. The Balaban J connectivity index is 0.00000338. The molecule has 0 bridgehead atoms. The van der Waals surface area contributed by atoms with Gasteiger partial charge in [-0.15, -0.1) is 0 Å². The molecule has 0 radical (unpaired) electrons. The van der Waals surface area contributed by atoms with Crippen molar-refractivity contribution in [2.75, 3.05) is 0 Å². The van der Waals surface area contributed by atoms with E-state index in [1.165, 1.54) is 51.4 Å². The quantitative estimate of drug-likeness (QED) is 0.443. The van der Waals surface area contributed by atoms with E-state index in [-0.39, 0.29) is 24.8 Å². The molecule has 0 aromatic heterocycles. The fourth-order valence-electron chi connectivity index (χ4n) is 4.77. The SMILES string of the molecule is CCCC1=C[C](CC)([Zr+2][C]2(CC)C=C(CCC)C=C2CC)C(CC)=C1.[Cl-].[Cl-]. The standard InChI is InChI=1S/2C12H19.2ClH.Zr/c2*1-4-7-10-8-11(5-2)12(6-3)9-10;;;/h2*8-9H,4-7H2,1-3H3;2*1H;/q;;;;+2/p-2. The first-order chi connectivity index (χ1) is 12.0. The fourth-order valence-corrected chi connectivity index (χ4v) is 10.9. The average Bonchev–Trinajstić information content (AvgIpc) is 3.14. The van der Waals surface area contributed by atoms with Gasteiger partial charge in [0.05, 0.1) is 0 Å². The van der Waals surface area contributed by atoms with Gasteiger partial charge in [0.15, 0.2) is 0 Å². The summed E-state index contributed by atoms with van der Waals surface area (Å²) in [6.07, 6.45) is 20.8. The molecule has 0 aromatic carbocycles. The Labute approximate surface area is 192 Å². The molecule has 0 heterocycles. The Bertz CT molecular complexity index is 548. The van der Waals surface area contributed by atoms with Crippen LogP contribution in [0.2, 0.25) is 6.25 Å². The normalized spacial score (nSPS) is 26.3. The van der Waals surface area contributed by atoms with E-state index >= 15 is 0 Å². The first kappa shape index (κ1) is 27.4. The summed E-state index contributed by atoms with van der Waals surface area (Å²) in [5.74, 6) is 0. The van der Waals surface area contributed by atoms with Gasteiger partial charge in [-0.2, -0.15) is 0 Å². The third-order valence-corrected chi connectivity index (χ3v) is 12.3. The fraction of sp³-hybridized carbons (Fsp3) is 0.667. The molecule has 2 aliphatic rings. The zero-order valence-electron chi connectivity index (χ0n) is 18.2. The van der Waals surface area contributed by atoms with Crippen molar-refractivity contribution < 1.29 is 48.0 Å². The van der Waals surface area contributed by atoms with Crippen LogP contribution in [0, 0.1) is 0 Å². The number of hydrogen-bond acceptors (Lipinski definition) is 0. The molecule has 2 atom stereocenters. The van der Waals surface area contributed by atoms with Crippen LogP contribution < -0.4 is 24.8 Å². The first-order valence-corrected chi connectivity index (χ1v) is 13.1. The van der Waals surface area contributed by atoms with E-state index in [0.717, 1.165) is 0 Å². The molecular formula is C24H38Cl2Zr. The first-order valence-electron chi connectivity index (χ1n) is 10.7. The molecule has 2 rings (SSSR count). The van der Waals surface area contributed by atoms with Crippen molar-refractivity contribution in [3.8, 4) is 0 Å². The monoisotopic (exact) mass is 486 g/mol. The molecule has 0 fully saturated rings. The van der Waals surface area contributed by atoms with Crippen LogP contribution in [-0.2, 0) is 23.2 Å². The summed E-state index contributed by atoms with van der Waals surface area (Å²) in [5.41, 5.74) is 6.77. The number of halogens is 2. The van der Waals surface area contributed by atoms with Gasteiger partial charge in [0.25, 0.3) is 0 Å². The second-order valence-corrected chi connectivity index (χ2v) is 12.8. The van der Waals surface area contributed by atoms with Gasteiger partial charge in [0.2, 0.25) is 0 Å². The van der Waals surface area contributed by atoms with Crippen LogP contribution >= 0.6 is 0 Å². The topological polar surface area (TPSA) is 0 Å². The molecular weight excluding hydrogens is 450 g/mol. The molecule has 0 amide bonds. The van der Waals surface area contributed by atoms with Crippen LogP contribution in [0.4, 0.5) is 0 Å². The Morgan fingerprint density at radius 3 is 1.30 bits per heavy atom. The van der Waals surface area contributed by atoms with Crippen molar-refractivity contribution >= 4 is 0 Å². The number of hydrogen-bond donors (Lipinski definition) is 0. The maximum atomic E-state index is 2.73. The van der Waals surface area contributed by atoms with Gasteiger partial charge in [-0.1, -0.05) is 0 Å². The van der Waals surface area contributed by atoms with Gasteiger partial charge in [0.1, 0.15) is 0 Å². The van der Waals surface area contributed by atoms with Gasteiger partial charge in [0, 0.05) is 0 Å².